The van der Waals surface area contributed by atoms with Gasteiger partial charge in [-0.25, -0.2) is 8.42 Å². The van der Waals surface area contributed by atoms with Gasteiger partial charge in [0.1, 0.15) is 4.21 Å². The molecule has 0 radical (unpaired) electrons. The van der Waals surface area contributed by atoms with Gasteiger partial charge in [-0.1, -0.05) is 29.3 Å². The maximum absolute atomic E-state index is 12.3. The third kappa shape index (κ3) is 4.12. The number of nitrogens with zero attached hydrogens (tertiary/aromatic N) is 2. The molecule has 0 saturated carbocycles. The highest BCUT2D eigenvalue weighted by molar-refractivity contribution is 9.11. The molecule has 0 saturated heterocycles. The average molecular weight is 467 g/mol. The van der Waals surface area contributed by atoms with Crippen LogP contribution in [0.15, 0.2) is 50.7 Å². The molecule has 0 unspecified atom stereocenters. The molecule has 10 heteroatoms. The highest BCUT2D eigenvalue weighted by Gasteiger charge is 2.17. The van der Waals surface area contributed by atoms with E-state index in [0.717, 1.165) is 20.7 Å². The van der Waals surface area contributed by atoms with E-state index in [9.17, 15) is 8.42 Å². The quantitative estimate of drug-likeness (QED) is 0.583. The van der Waals surface area contributed by atoms with Crippen molar-refractivity contribution in [3.63, 3.8) is 0 Å². The topological polar surface area (TPSA) is 64.0 Å². The van der Waals surface area contributed by atoms with Gasteiger partial charge in [0, 0.05) is 6.20 Å². The molecule has 126 valence electrons. The number of aromatic nitrogens is 2. The van der Waals surface area contributed by atoms with Gasteiger partial charge in [0.15, 0.2) is 0 Å². The summed E-state index contributed by atoms with van der Waals surface area (Å²) in [7, 11) is -3.62. The molecule has 0 aliphatic carbocycles. The first kappa shape index (κ1) is 17.8. The number of thiophene rings is 1. The van der Waals surface area contributed by atoms with E-state index < -0.39 is 10.0 Å². The van der Waals surface area contributed by atoms with E-state index in [1.807, 2.05) is 6.07 Å². The predicted molar refractivity (Wildman–Crippen MR) is 101 cm³/mol. The molecule has 1 aromatic carbocycles. The molecular weight excluding hydrogens is 457 g/mol. The Hall–Kier alpha value is -1.06. The van der Waals surface area contributed by atoms with E-state index in [-0.39, 0.29) is 4.21 Å². The van der Waals surface area contributed by atoms with Gasteiger partial charge in [-0.15, -0.1) is 11.3 Å². The largest absolute Gasteiger partial charge is 0.276 e. The van der Waals surface area contributed by atoms with Crippen LogP contribution in [0.5, 0.6) is 0 Å². The number of hydrogen-bond acceptors (Lipinski definition) is 4. The summed E-state index contributed by atoms with van der Waals surface area (Å²) in [6.07, 6.45) is 3.07. The highest BCUT2D eigenvalue weighted by atomic mass is 79.9. The van der Waals surface area contributed by atoms with Crippen LogP contribution >= 0.6 is 50.5 Å². The zero-order chi connectivity index (χ0) is 17.3. The van der Waals surface area contributed by atoms with Crippen molar-refractivity contribution in [2.45, 2.75) is 10.8 Å². The Morgan fingerprint density at radius 3 is 2.67 bits per heavy atom. The first-order chi connectivity index (χ1) is 11.3. The molecule has 2 aromatic heterocycles. The summed E-state index contributed by atoms with van der Waals surface area (Å²) in [5.41, 5.74) is 1.30. The number of rotatable bonds is 5. The molecule has 0 amide bonds. The molecule has 0 atom stereocenters. The van der Waals surface area contributed by atoms with E-state index in [2.05, 4.69) is 25.8 Å². The molecule has 0 fully saturated rings. The minimum atomic E-state index is -3.62. The standard InChI is InChI=1S/C14H10BrCl2N3O2S2/c15-13-3-4-14(23-13)24(21,22)19-10-6-18-20(8-10)7-9-1-2-11(16)12(17)5-9/h1-6,8,19H,7H2. The molecule has 3 aromatic rings. The van der Waals surface area contributed by atoms with Crippen LogP contribution in [-0.4, -0.2) is 18.2 Å². The maximum Gasteiger partial charge on any atom is 0.271 e. The second-order valence-electron chi connectivity index (χ2n) is 4.84. The molecule has 3 rings (SSSR count). The summed E-state index contributed by atoms with van der Waals surface area (Å²) in [4.78, 5) is 0. The summed E-state index contributed by atoms with van der Waals surface area (Å²) in [6.45, 7) is 0.448. The van der Waals surface area contributed by atoms with Gasteiger partial charge in [-0.05, 0) is 45.8 Å². The lowest BCUT2D eigenvalue weighted by Crippen LogP contribution is -2.10. The van der Waals surface area contributed by atoms with Crippen LogP contribution in [0.25, 0.3) is 0 Å². The fourth-order valence-electron chi connectivity index (χ4n) is 1.98. The Labute approximate surface area is 161 Å². The number of halogens is 3. The van der Waals surface area contributed by atoms with Gasteiger partial charge in [0.05, 0.1) is 32.3 Å². The summed E-state index contributed by atoms with van der Waals surface area (Å²) in [5, 5.41) is 5.10. The first-order valence-corrected chi connectivity index (χ1v) is 10.4. The lowest BCUT2D eigenvalue weighted by molar-refractivity contribution is 0.603. The van der Waals surface area contributed by atoms with Crippen LogP contribution in [0.4, 0.5) is 5.69 Å². The number of sulfonamides is 1. The monoisotopic (exact) mass is 465 g/mol. The van der Waals surface area contributed by atoms with Crippen molar-refractivity contribution in [1.29, 1.82) is 0 Å². The Bertz CT molecular complexity index is 986. The van der Waals surface area contributed by atoms with Gasteiger partial charge >= 0.3 is 0 Å². The molecule has 0 spiro atoms. The SMILES string of the molecule is O=S(=O)(Nc1cnn(Cc2ccc(Cl)c(Cl)c2)c1)c1ccc(Br)s1. The molecule has 1 N–H and O–H groups in total. The van der Waals surface area contributed by atoms with Gasteiger partial charge in [0.2, 0.25) is 0 Å². The number of hydrogen-bond donors (Lipinski definition) is 1. The van der Waals surface area contributed by atoms with Crippen molar-refractivity contribution < 1.29 is 8.42 Å². The number of nitrogens with one attached hydrogen (secondary N) is 1. The van der Waals surface area contributed by atoms with Crippen LogP contribution < -0.4 is 4.72 Å². The van der Waals surface area contributed by atoms with Crippen molar-refractivity contribution in [2.24, 2.45) is 0 Å². The molecule has 0 aliphatic rings. The van der Waals surface area contributed by atoms with Crippen molar-refractivity contribution in [2.75, 3.05) is 4.72 Å². The van der Waals surface area contributed by atoms with Crippen LogP contribution in [0.2, 0.25) is 10.0 Å². The van der Waals surface area contributed by atoms with Crippen molar-refractivity contribution in [3.8, 4) is 0 Å². The zero-order valence-electron chi connectivity index (χ0n) is 11.9. The number of benzene rings is 1. The molecule has 0 aliphatic heterocycles. The first-order valence-electron chi connectivity index (χ1n) is 6.58. The summed E-state index contributed by atoms with van der Waals surface area (Å²) < 4.78 is 29.6. The molecule has 24 heavy (non-hydrogen) atoms. The zero-order valence-corrected chi connectivity index (χ0v) is 16.6. The summed E-state index contributed by atoms with van der Waals surface area (Å²) >= 11 is 16.3. The van der Waals surface area contributed by atoms with Crippen molar-refractivity contribution in [1.82, 2.24) is 9.78 Å². The minimum Gasteiger partial charge on any atom is -0.276 e. The lowest BCUT2D eigenvalue weighted by atomic mass is 10.2. The van der Waals surface area contributed by atoms with Crippen molar-refractivity contribution >= 4 is 66.2 Å². The Morgan fingerprint density at radius 1 is 1.21 bits per heavy atom. The fraction of sp³-hybridized carbons (Fsp3) is 0.0714. The average Bonchev–Trinajstić information content (AvgIpc) is 3.12. The molecule has 2 heterocycles. The molecule has 5 nitrogen and oxygen atoms in total. The Kier molecular flexibility index (Phi) is 5.22. The fourth-order valence-corrected chi connectivity index (χ4v) is 5.33. The Balaban J connectivity index is 1.74. The van der Waals surface area contributed by atoms with Gasteiger partial charge in [0.25, 0.3) is 10.0 Å². The van der Waals surface area contributed by atoms with Crippen LogP contribution in [0.1, 0.15) is 5.56 Å². The Morgan fingerprint density at radius 2 is 2.00 bits per heavy atom. The minimum absolute atomic E-state index is 0.228. The van der Waals surface area contributed by atoms with Gasteiger partial charge in [-0.2, -0.15) is 5.10 Å². The van der Waals surface area contributed by atoms with Crippen LogP contribution in [0.3, 0.4) is 0 Å². The highest BCUT2D eigenvalue weighted by Crippen LogP contribution is 2.27. The third-order valence-corrected chi connectivity index (χ3v) is 7.26. The molecular formula is C14H10BrCl2N3O2S2. The van der Waals surface area contributed by atoms with E-state index in [1.54, 1.807) is 29.1 Å². The number of anilines is 1. The van der Waals surface area contributed by atoms with Crippen LogP contribution in [0, 0.1) is 0 Å². The third-order valence-electron chi connectivity index (χ3n) is 3.03. The summed E-state index contributed by atoms with van der Waals surface area (Å²) in [5.74, 6) is 0. The summed E-state index contributed by atoms with van der Waals surface area (Å²) in [6, 6.07) is 8.52. The predicted octanol–water partition coefficient (Wildman–Crippen LogP) is 4.86. The van der Waals surface area contributed by atoms with E-state index in [4.69, 9.17) is 23.2 Å². The van der Waals surface area contributed by atoms with E-state index >= 15 is 0 Å². The van der Waals surface area contributed by atoms with Crippen molar-refractivity contribution in [3.05, 3.63) is 62.1 Å². The van der Waals surface area contributed by atoms with E-state index in [1.165, 1.54) is 12.3 Å². The maximum atomic E-state index is 12.3. The van der Waals surface area contributed by atoms with Crippen LogP contribution in [-0.2, 0) is 16.6 Å². The van der Waals surface area contributed by atoms with E-state index in [0.29, 0.717) is 22.3 Å². The van der Waals surface area contributed by atoms with Gasteiger partial charge in [-0.3, -0.25) is 9.40 Å². The molecule has 0 bridgehead atoms. The second-order valence-corrected chi connectivity index (χ2v) is 10.0. The second kappa shape index (κ2) is 7.05. The van der Waals surface area contributed by atoms with Gasteiger partial charge < -0.3 is 0 Å². The smallest absolute Gasteiger partial charge is 0.271 e. The normalized spacial score (nSPS) is 11.6. The lowest BCUT2D eigenvalue weighted by Gasteiger charge is -2.04.